The third kappa shape index (κ3) is 5.91. The molecule has 1 rings (SSSR count). The molecule has 0 saturated carbocycles. The van der Waals surface area contributed by atoms with E-state index < -0.39 is 17.0 Å². The number of allylic oxidation sites excluding steroid dienone is 4. The Bertz CT molecular complexity index is 277. The fraction of sp³-hybridized carbons (Fsp3) is 0.615. The summed E-state index contributed by atoms with van der Waals surface area (Å²) in [5.74, 6) is 0. The third-order valence-electron chi connectivity index (χ3n) is 2.49. The van der Waals surface area contributed by atoms with Crippen LogP contribution in [0.3, 0.4) is 0 Å². The van der Waals surface area contributed by atoms with Crippen LogP contribution in [0.5, 0.6) is 0 Å². The average molecular weight is 296 g/mol. The Morgan fingerprint density at radius 2 is 1.25 bits per heavy atom. The molecule has 0 bridgehead atoms. The zero-order valence-corrected chi connectivity index (χ0v) is 14.1. The molecule has 3 heteroatoms. The van der Waals surface area contributed by atoms with Gasteiger partial charge in [-0.05, 0) is 16.4 Å². The molecule has 91 valence electrons. The molecular weight excluding hydrogens is 275 g/mol. The van der Waals surface area contributed by atoms with Gasteiger partial charge in [0.1, 0.15) is 0 Å². The second kappa shape index (κ2) is 6.64. The van der Waals surface area contributed by atoms with Crippen LogP contribution in [0.4, 0.5) is 0 Å². The van der Waals surface area contributed by atoms with E-state index in [0.29, 0.717) is 0 Å². The van der Waals surface area contributed by atoms with Crippen LogP contribution in [-0.2, 0) is 17.0 Å². The Hall–Kier alpha value is 0.774. The molecule has 0 spiro atoms. The van der Waals surface area contributed by atoms with Gasteiger partial charge in [0.15, 0.2) is 0 Å². The van der Waals surface area contributed by atoms with Crippen molar-refractivity contribution >= 4 is 18.6 Å². The molecule has 1 radical (unpaired) electrons. The van der Waals surface area contributed by atoms with Crippen LogP contribution < -0.4 is 0 Å². The molecule has 0 fully saturated rings. The van der Waals surface area contributed by atoms with Crippen LogP contribution >= 0.6 is 18.6 Å². The Balaban J connectivity index is 0.000000673. The van der Waals surface area contributed by atoms with E-state index in [0.717, 1.165) is 0 Å². The van der Waals surface area contributed by atoms with Gasteiger partial charge in [0.25, 0.3) is 0 Å². The zero-order chi connectivity index (χ0) is 13.0. The van der Waals surface area contributed by atoms with Crippen LogP contribution in [-0.4, -0.2) is 0 Å². The Labute approximate surface area is 117 Å². The molecule has 0 unspecified atom stereocenters. The first-order valence-corrected chi connectivity index (χ1v) is 9.66. The number of hydrogen-bond acceptors (Lipinski definition) is 0. The average Bonchev–Trinajstić information content (AvgIpc) is 2.49. The molecule has 0 heterocycles. The second-order valence-electron chi connectivity index (χ2n) is 5.96. The summed E-state index contributed by atoms with van der Waals surface area (Å²) in [5.41, 5.74) is 3.45. The predicted octanol–water partition coefficient (Wildman–Crippen LogP) is 5.53. The van der Waals surface area contributed by atoms with Crippen LogP contribution in [0.2, 0.25) is 0 Å². The van der Waals surface area contributed by atoms with Crippen molar-refractivity contribution in [2.24, 2.45) is 10.8 Å². The third-order valence-corrected chi connectivity index (χ3v) is 2.49. The second-order valence-corrected chi connectivity index (χ2v) is 8.54. The SMILES string of the molecule is CC(C)(C)C1=CC(C(C)(C)C)=C[CH]1.[Cl][Ti][Cl]. The molecule has 1 aliphatic rings. The Morgan fingerprint density at radius 3 is 1.44 bits per heavy atom. The van der Waals surface area contributed by atoms with E-state index in [1.165, 1.54) is 11.1 Å². The summed E-state index contributed by atoms with van der Waals surface area (Å²) in [6.07, 6.45) is 6.83. The molecule has 0 atom stereocenters. The van der Waals surface area contributed by atoms with Crippen molar-refractivity contribution < 1.29 is 17.0 Å². The minimum absolute atomic E-state index is 0.281. The van der Waals surface area contributed by atoms with E-state index >= 15 is 0 Å². The zero-order valence-electron chi connectivity index (χ0n) is 11.0. The first-order chi connectivity index (χ1) is 7.12. The topological polar surface area (TPSA) is 0 Å². The Morgan fingerprint density at radius 1 is 0.875 bits per heavy atom. The molecule has 0 aromatic carbocycles. The van der Waals surface area contributed by atoms with Crippen LogP contribution in [0.1, 0.15) is 41.5 Å². The monoisotopic (exact) mass is 295 g/mol. The molecule has 0 nitrogen and oxygen atoms in total. The van der Waals surface area contributed by atoms with Crippen LogP contribution in [0.25, 0.3) is 0 Å². The van der Waals surface area contributed by atoms with Crippen LogP contribution in [0.15, 0.2) is 23.3 Å². The first-order valence-electron chi connectivity index (χ1n) is 5.37. The van der Waals surface area contributed by atoms with Crippen molar-refractivity contribution in [2.45, 2.75) is 41.5 Å². The van der Waals surface area contributed by atoms with Crippen molar-refractivity contribution in [3.8, 4) is 0 Å². The number of halogens is 2. The van der Waals surface area contributed by atoms with E-state index in [1.54, 1.807) is 0 Å². The molecule has 0 aliphatic heterocycles. The van der Waals surface area contributed by atoms with Gasteiger partial charge in [-0.3, -0.25) is 0 Å². The van der Waals surface area contributed by atoms with Gasteiger partial charge in [0.05, 0.1) is 0 Å². The van der Waals surface area contributed by atoms with Gasteiger partial charge in [-0.15, -0.1) is 0 Å². The van der Waals surface area contributed by atoms with Crippen LogP contribution in [0, 0.1) is 17.3 Å². The van der Waals surface area contributed by atoms with Crippen molar-refractivity contribution in [1.29, 1.82) is 0 Å². The fourth-order valence-electron chi connectivity index (χ4n) is 1.38. The van der Waals surface area contributed by atoms with Crippen molar-refractivity contribution in [1.82, 2.24) is 0 Å². The van der Waals surface area contributed by atoms with Gasteiger partial charge in [-0.2, -0.15) is 0 Å². The molecule has 0 aromatic heterocycles. The van der Waals surface area contributed by atoms with Gasteiger partial charge in [0, 0.05) is 6.42 Å². The quantitative estimate of drug-likeness (QED) is 0.516. The van der Waals surface area contributed by atoms with E-state index in [4.69, 9.17) is 18.6 Å². The summed E-state index contributed by atoms with van der Waals surface area (Å²) in [7, 11) is 9.78. The van der Waals surface area contributed by atoms with E-state index in [2.05, 4.69) is 60.1 Å². The van der Waals surface area contributed by atoms with Gasteiger partial charge in [-0.25, -0.2) is 0 Å². The molecular formula is C13H21Cl2Ti. The summed E-state index contributed by atoms with van der Waals surface area (Å²) in [6, 6.07) is 0. The van der Waals surface area contributed by atoms with Gasteiger partial charge in [0.2, 0.25) is 0 Å². The molecule has 0 N–H and O–H groups in total. The van der Waals surface area contributed by atoms with Gasteiger partial charge in [-0.1, -0.05) is 59.3 Å². The standard InChI is InChI=1S/C13H21.2ClH.Ti/c1-12(2,3)10-7-8-11(9-10)13(4,5)6;;;/h7-9H,1-6H3;2*1H;/q;;;+2/p-2. The molecule has 0 aromatic rings. The maximum atomic E-state index is 4.89. The fourth-order valence-corrected chi connectivity index (χ4v) is 1.38. The number of rotatable bonds is 0. The van der Waals surface area contributed by atoms with E-state index in [-0.39, 0.29) is 10.8 Å². The normalized spacial score (nSPS) is 16.0. The van der Waals surface area contributed by atoms with Gasteiger partial charge >= 0.3 is 35.6 Å². The van der Waals surface area contributed by atoms with Crippen molar-refractivity contribution in [3.05, 3.63) is 29.7 Å². The van der Waals surface area contributed by atoms with Gasteiger partial charge < -0.3 is 0 Å². The summed E-state index contributed by atoms with van der Waals surface area (Å²) >= 11 is -0.556. The predicted molar refractivity (Wildman–Crippen MR) is 71.1 cm³/mol. The first kappa shape index (κ1) is 16.8. The Kier molecular flexibility index (Phi) is 6.96. The molecule has 1 aliphatic carbocycles. The molecule has 0 saturated heterocycles. The summed E-state index contributed by atoms with van der Waals surface area (Å²) < 4.78 is 0. The summed E-state index contributed by atoms with van der Waals surface area (Å²) in [4.78, 5) is 0. The van der Waals surface area contributed by atoms with E-state index in [1.807, 2.05) is 0 Å². The maximum absolute atomic E-state index is 4.89. The summed E-state index contributed by atoms with van der Waals surface area (Å²) in [6.45, 7) is 13.6. The minimum atomic E-state index is -0.556. The van der Waals surface area contributed by atoms with E-state index in [9.17, 15) is 0 Å². The molecule has 16 heavy (non-hydrogen) atoms. The van der Waals surface area contributed by atoms with Crippen molar-refractivity contribution in [2.75, 3.05) is 0 Å². The summed E-state index contributed by atoms with van der Waals surface area (Å²) in [5, 5.41) is 0. The van der Waals surface area contributed by atoms with Crippen molar-refractivity contribution in [3.63, 3.8) is 0 Å². The number of hydrogen-bond donors (Lipinski definition) is 0. The molecule has 0 amide bonds.